The van der Waals surface area contributed by atoms with E-state index in [-0.39, 0.29) is 29.2 Å². The standard InChI is InChI=1S/C21H26N4O3S/c1-15(26)23-10-12-24(13-11-23)19(27)14-29-21-22-18-9-5-4-8-17(18)20(28)25(21)16-6-2-3-7-16/h4-5,8-9,16H,2-3,6-7,10-14H2,1H3. The lowest BCUT2D eigenvalue weighted by molar-refractivity contribution is -0.136. The van der Waals surface area contributed by atoms with Crippen LogP contribution in [0, 0.1) is 0 Å². The zero-order valence-corrected chi connectivity index (χ0v) is 17.5. The van der Waals surface area contributed by atoms with Gasteiger partial charge in [-0.05, 0) is 25.0 Å². The molecule has 2 fully saturated rings. The molecule has 0 atom stereocenters. The van der Waals surface area contributed by atoms with Crippen LogP contribution in [0.4, 0.5) is 0 Å². The first kappa shape index (κ1) is 19.9. The highest BCUT2D eigenvalue weighted by molar-refractivity contribution is 7.99. The predicted molar refractivity (Wildman–Crippen MR) is 113 cm³/mol. The van der Waals surface area contributed by atoms with Gasteiger partial charge in [0.15, 0.2) is 5.16 Å². The van der Waals surface area contributed by atoms with E-state index in [9.17, 15) is 14.4 Å². The fourth-order valence-corrected chi connectivity index (χ4v) is 5.17. The molecule has 0 spiro atoms. The Hall–Kier alpha value is -2.35. The maximum atomic E-state index is 13.2. The minimum absolute atomic E-state index is 0.00692. The summed E-state index contributed by atoms with van der Waals surface area (Å²) in [5.41, 5.74) is 0.671. The average Bonchev–Trinajstić information content (AvgIpc) is 3.26. The summed E-state index contributed by atoms with van der Waals surface area (Å²) in [5, 5.41) is 1.27. The van der Waals surface area contributed by atoms with Gasteiger partial charge in [-0.2, -0.15) is 0 Å². The normalized spacial score (nSPS) is 17.8. The van der Waals surface area contributed by atoms with Gasteiger partial charge in [-0.1, -0.05) is 36.7 Å². The Morgan fingerprint density at radius 1 is 1.07 bits per heavy atom. The van der Waals surface area contributed by atoms with E-state index < -0.39 is 0 Å². The fraction of sp³-hybridized carbons (Fsp3) is 0.524. The zero-order chi connectivity index (χ0) is 20.4. The van der Waals surface area contributed by atoms with E-state index in [0.717, 1.165) is 25.7 Å². The maximum Gasteiger partial charge on any atom is 0.262 e. The summed E-state index contributed by atoms with van der Waals surface area (Å²) in [4.78, 5) is 45.6. The number of hydrogen-bond donors (Lipinski definition) is 0. The molecule has 29 heavy (non-hydrogen) atoms. The molecule has 0 bridgehead atoms. The highest BCUT2D eigenvalue weighted by Gasteiger charge is 2.25. The lowest BCUT2D eigenvalue weighted by atomic mass is 10.2. The van der Waals surface area contributed by atoms with Crippen LogP contribution in [0.1, 0.15) is 38.6 Å². The Bertz CT molecular complexity index is 976. The van der Waals surface area contributed by atoms with Crippen LogP contribution in [0.15, 0.2) is 34.2 Å². The van der Waals surface area contributed by atoms with Crippen molar-refractivity contribution in [1.29, 1.82) is 0 Å². The summed E-state index contributed by atoms with van der Waals surface area (Å²) in [6.45, 7) is 3.82. The van der Waals surface area contributed by atoms with Gasteiger partial charge < -0.3 is 9.80 Å². The third kappa shape index (κ3) is 4.17. The molecule has 154 valence electrons. The monoisotopic (exact) mass is 414 g/mol. The zero-order valence-electron chi connectivity index (χ0n) is 16.7. The minimum Gasteiger partial charge on any atom is -0.339 e. The third-order valence-corrected chi connectivity index (χ3v) is 6.81. The molecule has 0 unspecified atom stereocenters. The lowest BCUT2D eigenvalue weighted by Crippen LogP contribution is -2.50. The Morgan fingerprint density at radius 3 is 2.41 bits per heavy atom. The van der Waals surface area contributed by atoms with E-state index in [1.54, 1.807) is 16.7 Å². The van der Waals surface area contributed by atoms with Crippen molar-refractivity contribution in [2.45, 2.75) is 43.8 Å². The third-order valence-electron chi connectivity index (χ3n) is 5.87. The highest BCUT2D eigenvalue weighted by Crippen LogP contribution is 2.32. The van der Waals surface area contributed by atoms with Crippen LogP contribution in [-0.4, -0.2) is 63.1 Å². The number of para-hydroxylation sites is 1. The van der Waals surface area contributed by atoms with Gasteiger partial charge >= 0.3 is 0 Å². The van der Waals surface area contributed by atoms with E-state index in [0.29, 0.717) is 42.2 Å². The Labute approximate surface area is 174 Å². The molecule has 1 aliphatic carbocycles. The molecule has 0 radical (unpaired) electrons. The Morgan fingerprint density at radius 2 is 1.72 bits per heavy atom. The molecule has 4 rings (SSSR count). The van der Waals surface area contributed by atoms with E-state index in [2.05, 4.69) is 0 Å². The molecule has 1 aromatic carbocycles. The smallest absolute Gasteiger partial charge is 0.262 e. The quantitative estimate of drug-likeness (QED) is 0.567. The SMILES string of the molecule is CC(=O)N1CCN(C(=O)CSc2nc3ccccc3c(=O)n2C2CCCC2)CC1. The summed E-state index contributed by atoms with van der Waals surface area (Å²) < 4.78 is 1.82. The second kappa shape index (κ2) is 8.57. The molecular formula is C21H26N4O3S. The van der Waals surface area contributed by atoms with Crippen LogP contribution < -0.4 is 5.56 Å². The molecule has 1 aliphatic heterocycles. The van der Waals surface area contributed by atoms with Crippen molar-refractivity contribution < 1.29 is 9.59 Å². The van der Waals surface area contributed by atoms with Crippen LogP contribution in [-0.2, 0) is 9.59 Å². The van der Waals surface area contributed by atoms with Crippen LogP contribution >= 0.6 is 11.8 Å². The number of carbonyl (C=O) groups is 2. The van der Waals surface area contributed by atoms with Crippen LogP contribution in [0.2, 0.25) is 0 Å². The van der Waals surface area contributed by atoms with E-state index in [1.165, 1.54) is 11.8 Å². The first-order valence-electron chi connectivity index (χ1n) is 10.2. The molecule has 1 saturated heterocycles. The molecule has 2 amide bonds. The van der Waals surface area contributed by atoms with Gasteiger partial charge in [0.05, 0.1) is 16.7 Å². The van der Waals surface area contributed by atoms with Crippen molar-refractivity contribution >= 4 is 34.5 Å². The Kier molecular flexibility index (Phi) is 5.89. The van der Waals surface area contributed by atoms with Crippen molar-refractivity contribution in [2.75, 3.05) is 31.9 Å². The van der Waals surface area contributed by atoms with Crippen molar-refractivity contribution in [3.05, 3.63) is 34.6 Å². The van der Waals surface area contributed by atoms with Crippen LogP contribution in [0.25, 0.3) is 10.9 Å². The summed E-state index contributed by atoms with van der Waals surface area (Å²) >= 11 is 1.35. The topological polar surface area (TPSA) is 75.5 Å². The largest absolute Gasteiger partial charge is 0.339 e. The van der Waals surface area contributed by atoms with Crippen molar-refractivity contribution in [2.24, 2.45) is 0 Å². The number of hydrogen-bond acceptors (Lipinski definition) is 5. The first-order valence-corrected chi connectivity index (χ1v) is 11.2. The summed E-state index contributed by atoms with van der Waals surface area (Å²) in [7, 11) is 0. The van der Waals surface area contributed by atoms with Gasteiger partial charge in [0.1, 0.15) is 0 Å². The van der Waals surface area contributed by atoms with Gasteiger partial charge in [0.2, 0.25) is 11.8 Å². The Balaban J connectivity index is 1.53. The summed E-state index contributed by atoms with van der Waals surface area (Å²) in [5.74, 6) is 0.323. The average molecular weight is 415 g/mol. The fourth-order valence-electron chi connectivity index (χ4n) is 4.20. The van der Waals surface area contributed by atoms with Gasteiger partial charge in [0.25, 0.3) is 5.56 Å². The number of amides is 2. The number of fused-ring (bicyclic) bond motifs is 1. The molecule has 7 nitrogen and oxygen atoms in total. The van der Waals surface area contributed by atoms with Gasteiger partial charge in [-0.15, -0.1) is 0 Å². The van der Waals surface area contributed by atoms with E-state index >= 15 is 0 Å². The van der Waals surface area contributed by atoms with Crippen LogP contribution in [0.5, 0.6) is 0 Å². The number of thioether (sulfide) groups is 1. The number of aromatic nitrogens is 2. The van der Waals surface area contributed by atoms with Gasteiger partial charge in [-0.3, -0.25) is 19.0 Å². The van der Waals surface area contributed by atoms with E-state index in [4.69, 9.17) is 4.98 Å². The number of carbonyl (C=O) groups excluding carboxylic acids is 2. The molecule has 2 aromatic rings. The first-order chi connectivity index (χ1) is 14.0. The number of piperazine rings is 1. The molecule has 2 heterocycles. The van der Waals surface area contributed by atoms with Crippen molar-refractivity contribution in [3.63, 3.8) is 0 Å². The predicted octanol–water partition coefficient (Wildman–Crippen LogP) is 2.29. The lowest BCUT2D eigenvalue weighted by Gasteiger charge is -2.34. The molecule has 8 heteroatoms. The summed E-state index contributed by atoms with van der Waals surface area (Å²) in [6, 6.07) is 7.58. The maximum absolute atomic E-state index is 13.2. The highest BCUT2D eigenvalue weighted by atomic mass is 32.2. The molecule has 2 aliphatic rings. The summed E-state index contributed by atoms with van der Waals surface area (Å²) in [6.07, 6.45) is 4.20. The molecular weight excluding hydrogens is 388 g/mol. The van der Waals surface area contributed by atoms with Crippen molar-refractivity contribution in [3.8, 4) is 0 Å². The minimum atomic E-state index is -0.00692. The van der Waals surface area contributed by atoms with E-state index in [1.807, 2.05) is 28.8 Å². The molecule has 1 saturated carbocycles. The van der Waals surface area contributed by atoms with Crippen molar-refractivity contribution in [1.82, 2.24) is 19.4 Å². The molecule has 0 N–H and O–H groups in total. The number of nitrogens with zero attached hydrogens (tertiary/aromatic N) is 4. The van der Waals surface area contributed by atoms with Gasteiger partial charge in [-0.25, -0.2) is 4.98 Å². The second-order valence-corrected chi connectivity index (χ2v) is 8.64. The number of benzene rings is 1. The van der Waals surface area contributed by atoms with Gasteiger partial charge in [0, 0.05) is 39.1 Å². The molecule has 1 aromatic heterocycles. The second-order valence-electron chi connectivity index (χ2n) is 7.70. The van der Waals surface area contributed by atoms with Crippen LogP contribution in [0.3, 0.4) is 0 Å². The number of rotatable bonds is 4.